The van der Waals surface area contributed by atoms with Crippen LogP contribution in [-0.2, 0) is 16.0 Å². The van der Waals surface area contributed by atoms with E-state index in [0.717, 1.165) is 19.7 Å². The molecule has 1 spiro atoms. The summed E-state index contributed by atoms with van der Waals surface area (Å²) in [5.41, 5.74) is 3.14. The summed E-state index contributed by atoms with van der Waals surface area (Å²) >= 11 is 0. The fourth-order valence-corrected chi connectivity index (χ4v) is 11.7. The van der Waals surface area contributed by atoms with E-state index in [1.165, 1.54) is 96.0 Å². The van der Waals surface area contributed by atoms with E-state index < -0.39 is 0 Å². The molecule has 1 aromatic carbocycles. The molecule has 268 valence electrons. The fourth-order valence-electron chi connectivity index (χ4n) is 11.7. The highest BCUT2D eigenvalue weighted by Crippen LogP contribution is 2.56. The number of hydrogen-bond acceptors (Lipinski definition) is 7. The van der Waals surface area contributed by atoms with Gasteiger partial charge in [0, 0.05) is 37.6 Å². The standard InChI is InChI=1S/C41H62N6O2/c1-4-38(48)47-24-23-46(28-33(47)19-21-42)41(32-14-8-6-5-7-9-15-32)36-18-20-40(25-30(2)35-17-11-10-13-31(35)26-40)27-37(36)43-39(44-41)49-29-34-16-12-22-45(34)3/h4,10-11,13,17,30,32-34,36-37,39,43-44H,1,5-9,12,14-16,18-20,22-29H2,2-3H3/t30?,33?,34?,36?,37?,39?,40-,41?/m1/s1. The Hall–Kier alpha value is -2.28. The van der Waals surface area contributed by atoms with Gasteiger partial charge in [0.05, 0.1) is 30.8 Å². The molecule has 49 heavy (non-hydrogen) atoms. The Balaban J connectivity index is 1.25. The molecular formula is C41H62N6O2. The number of nitrogens with one attached hydrogen (secondary N) is 2. The first-order valence-electron chi connectivity index (χ1n) is 19.8. The average molecular weight is 671 g/mol. The van der Waals surface area contributed by atoms with Crippen molar-refractivity contribution in [1.29, 1.82) is 5.26 Å². The lowest BCUT2D eigenvalue weighted by atomic mass is 9.55. The maximum absolute atomic E-state index is 13.0. The molecule has 3 aliphatic carbocycles. The van der Waals surface area contributed by atoms with E-state index in [0.29, 0.717) is 54.8 Å². The molecule has 7 unspecified atom stereocenters. The molecule has 3 heterocycles. The van der Waals surface area contributed by atoms with E-state index in [4.69, 9.17) is 4.74 Å². The number of carbonyl (C=O) groups excluding carboxylic acids is 1. The summed E-state index contributed by atoms with van der Waals surface area (Å²) in [6.45, 7) is 10.3. The molecule has 3 saturated heterocycles. The third kappa shape index (κ3) is 7.00. The van der Waals surface area contributed by atoms with Crippen LogP contribution >= 0.6 is 0 Å². The Morgan fingerprint density at radius 3 is 2.59 bits per heavy atom. The summed E-state index contributed by atoms with van der Waals surface area (Å²) in [4.78, 5) is 20.2. The minimum Gasteiger partial charge on any atom is -0.348 e. The summed E-state index contributed by atoms with van der Waals surface area (Å²) in [7, 11) is 2.24. The summed E-state index contributed by atoms with van der Waals surface area (Å²) < 4.78 is 6.96. The first-order chi connectivity index (χ1) is 23.9. The van der Waals surface area contributed by atoms with Crippen LogP contribution in [0.1, 0.15) is 114 Å². The molecule has 0 radical (unpaired) electrons. The molecule has 5 fully saturated rings. The number of fused-ring (bicyclic) bond motifs is 2. The van der Waals surface area contributed by atoms with Crippen molar-refractivity contribution in [2.24, 2.45) is 17.3 Å². The Morgan fingerprint density at radius 2 is 1.84 bits per heavy atom. The molecule has 2 saturated carbocycles. The van der Waals surface area contributed by atoms with Gasteiger partial charge in [0.1, 0.15) is 0 Å². The Bertz CT molecular complexity index is 1360. The maximum atomic E-state index is 13.0. The van der Waals surface area contributed by atoms with Gasteiger partial charge in [-0.25, -0.2) is 0 Å². The molecule has 8 heteroatoms. The zero-order valence-corrected chi connectivity index (χ0v) is 30.4. The smallest absolute Gasteiger partial charge is 0.246 e. The highest BCUT2D eigenvalue weighted by Gasteiger charge is 2.60. The number of hydrogen-bond donors (Lipinski definition) is 2. The number of nitrogens with zero attached hydrogens (tertiary/aromatic N) is 4. The van der Waals surface area contributed by atoms with Crippen molar-refractivity contribution >= 4 is 5.91 Å². The van der Waals surface area contributed by atoms with Crippen LogP contribution in [0.4, 0.5) is 0 Å². The third-order valence-corrected chi connectivity index (χ3v) is 14.0. The van der Waals surface area contributed by atoms with Crippen LogP contribution in [0.25, 0.3) is 0 Å². The monoisotopic (exact) mass is 670 g/mol. The van der Waals surface area contributed by atoms with Gasteiger partial charge < -0.3 is 14.5 Å². The molecule has 2 N–H and O–H groups in total. The number of piperazine rings is 1. The fraction of sp³-hybridized carbons (Fsp3) is 0.756. The van der Waals surface area contributed by atoms with Crippen molar-refractivity contribution in [3.05, 3.63) is 48.0 Å². The van der Waals surface area contributed by atoms with Crippen molar-refractivity contribution < 1.29 is 9.53 Å². The summed E-state index contributed by atoms with van der Waals surface area (Å²) in [5, 5.41) is 18.4. The van der Waals surface area contributed by atoms with Gasteiger partial charge in [-0.3, -0.25) is 20.3 Å². The molecule has 3 aliphatic heterocycles. The number of amides is 1. The topological polar surface area (TPSA) is 83.9 Å². The van der Waals surface area contributed by atoms with E-state index in [9.17, 15) is 10.1 Å². The van der Waals surface area contributed by atoms with E-state index >= 15 is 0 Å². The SMILES string of the molecule is C=CC(=O)N1CCN(C2(C3CCCCCCC3)NC(OCC3CCCN3C)NC3C[C@@]4(CCC32)Cc2ccccc2C(C)C4)CC1CC#N. The average Bonchev–Trinajstić information content (AvgIpc) is 3.50. The van der Waals surface area contributed by atoms with Gasteiger partial charge in [0.25, 0.3) is 0 Å². The lowest BCUT2D eigenvalue weighted by molar-refractivity contribution is -0.188. The Labute approximate surface area is 296 Å². The van der Waals surface area contributed by atoms with Crippen molar-refractivity contribution in [2.45, 2.75) is 139 Å². The van der Waals surface area contributed by atoms with Gasteiger partial charge >= 0.3 is 0 Å². The lowest BCUT2D eigenvalue weighted by Crippen LogP contribution is -2.81. The Morgan fingerprint density at radius 1 is 1.04 bits per heavy atom. The third-order valence-electron chi connectivity index (χ3n) is 14.0. The van der Waals surface area contributed by atoms with Crippen LogP contribution in [0.15, 0.2) is 36.9 Å². The predicted octanol–water partition coefficient (Wildman–Crippen LogP) is 6.15. The number of nitriles is 1. The van der Waals surface area contributed by atoms with Gasteiger partial charge in [-0.05, 0) is 106 Å². The second-order valence-electron chi connectivity index (χ2n) is 16.8. The second-order valence-corrected chi connectivity index (χ2v) is 16.8. The minimum atomic E-state index is -0.254. The summed E-state index contributed by atoms with van der Waals surface area (Å²) in [6, 6.07) is 12.3. The quantitative estimate of drug-likeness (QED) is 0.337. The molecule has 1 amide bonds. The van der Waals surface area contributed by atoms with Crippen molar-refractivity contribution in [2.75, 3.05) is 39.8 Å². The van der Waals surface area contributed by atoms with Crippen LogP contribution < -0.4 is 10.6 Å². The van der Waals surface area contributed by atoms with E-state index in [2.05, 4.69) is 71.3 Å². The number of carbonyl (C=O) groups is 1. The van der Waals surface area contributed by atoms with E-state index in [1.54, 1.807) is 11.1 Å². The lowest BCUT2D eigenvalue weighted by Gasteiger charge is -2.65. The summed E-state index contributed by atoms with van der Waals surface area (Å²) in [6.07, 6.45) is 19.0. The highest BCUT2D eigenvalue weighted by molar-refractivity contribution is 5.87. The number of ether oxygens (including phenoxy) is 1. The maximum Gasteiger partial charge on any atom is 0.246 e. The zero-order chi connectivity index (χ0) is 34.0. The van der Waals surface area contributed by atoms with Crippen molar-refractivity contribution in [3.63, 3.8) is 0 Å². The molecule has 8 nitrogen and oxygen atoms in total. The first-order valence-corrected chi connectivity index (χ1v) is 19.8. The number of likely N-dealkylation sites (tertiary alicyclic amines) is 1. The van der Waals surface area contributed by atoms with E-state index in [1.807, 2.05) is 4.90 Å². The largest absolute Gasteiger partial charge is 0.348 e. The number of rotatable bonds is 7. The minimum absolute atomic E-state index is 0.0516. The van der Waals surface area contributed by atoms with E-state index in [-0.39, 0.29) is 24.0 Å². The van der Waals surface area contributed by atoms with Gasteiger partial charge in [-0.15, -0.1) is 0 Å². The van der Waals surface area contributed by atoms with Gasteiger partial charge in [0.15, 0.2) is 6.35 Å². The van der Waals surface area contributed by atoms with Crippen LogP contribution in [0, 0.1) is 28.6 Å². The number of benzene rings is 1. The molecule has 1 aromatic rings. The molecule has 0 bridgehead atoms. The van der Waals surface area contributed by atoms with Crippen LogP contribution in [0.3, 0.4) is 0 Å². The van der Waals surface area contributed by atoms with Crippen molar-refractivity contribution in [1.82, 2.24) is 25.3 Å². The van der Waals surface area contributed by atoms with Gasteiger partial charge in [-0.2, -0.15) is 5.26 Å². The van der Waals surface area contributed by atoms with Crippen LogP contribution in [0.2, 0.25) is 0 Å². The molecule has 8 atom stereocenters. The summed E-state index contributed by atoms with van der Waals surface area (Å²) in [5.74, 6) is 1.44. The first kappa shape index (κ1) is 35.1. The van der Waals surface area contributed by atoms with Gasteiger partial charge in [-0.1, -0.05) is 69.9 Å². The van der Waals surface area contributed by atoms with Crippen LogP contribution in [0.5, 0.6) is 0 Å². The van der Waals surface area contributed by atoms with Crippen LogP contribution in [-0.4, -0.2) is 90.6 Å². The Kier molecular flexibility index (Phi) is 10.9. The van der Waals surface area contributed by atoms with Crippen molar-refractivity contribution in [3.8, 4) is 6.07 Å². The molecule has 6 aliphatic rings. The molecule has 7 rings (SSSR count). The second kappa shape index (κ2) is 15.1. The predicted molar refractivity (Wildman–Crippen MR) is 194 cm³/mol. The molecule has 0 aromatic heterocycles. The highest BCUT2D eigenvalue weighted by atomic mass is 16.5. The normalized spacial score (nSPS) is 37.9. The van der Waals surface area contributed by atoms with Gasteiger partial charge in [0.2, 0.25) is 5.91 Å². The zero-order valence-electron chi connectivity index (χ0n) is 30.4. The molecular weight excluding hydrogens is 608 g/mol. The number of likely N-dealkylation sites (N-methyl/N-ethyl adjacent to an activating group) is 1.